The van der Waals surface area contributed by atoms with Crippen molar-refractivity contribution in [3.63, 3.8) is 0 Å². The van der Waals surface area contributed by atoms with Crippen molar-refractivity contribution in [1.82, 2.24) is 10.3 Å². The third-order valence-corrected chi connectivity index (χ3v) is 3.53. The minimum absolute atomic E-state index is 0.0680. The maximum Gasteiger partial charge on any atom is 0.270 e. The molecule has 0 radical (unpaired) electrons. The number of nitrogens with two attached hydrogens (primary N) is 1. The molecule has 3 N–H and O–H groups in total. The summed E-state index contributed by atoms with van der Waals surface area (Å²) in [7, 11) is 0. The molecule has 0 bridgehead atoms. The van der Waals surface area contributed by atoms with E-state index in [0.717, 1.165) is 19.3 Å². The number of hydrogen-bond donors (Lipinski definition) is 2. The zero-order valence-corrected chi connectivity index (χ0v) is 9.30. The van der Waals surface area contributed by atoms with Gasteiger partial charge >= 0.3 is 0 Å². The van der Waals surface area contributed by atoms with Gasteiger partial charge in [0.25, 0.3) is 5.91 Å². The van der Waals surface area contributed by atoms with Crippen molar-refractivity contribution in [2.75, 3.05) is 6.54 Å². The molecule has 1 aromatic rings. The molecule has 1 amide bonds. The van der Waals surface area contributed by atoms with Crippen molar-refractivity contribution in [3.8, 4) is 0 Å². The Kier molecular flexibility index (Phi) is 3.33. The summed E-state index contributed by atoms with van der Waals surface area (Å²) in [6, 6.07) is 0.240. The van der Waals surface area contributed by atoms with Gasteiger partial charge in [0.05, 0.1) is 5.51 Å². The zero-order valence-electron chi connectivity index (χ0n) is 8.48. The van der Waals surface area contributed by atoms with E-state index < -0.39 is 0 Å². The van der Waals surface area contributed by atoms with E-state index >= 15 is 0 Å². The van der Waals surface area contributed by atoms with Crippen LogP contribution in [0.2, 0.25) is 0 Å². The summed E-state index contributed by atoms with van der Waals surface area (Å²) in [5.74, 6) is 0.370. The smallest absolute Gasteiger partial charge is 0.270 e. The van der Waals surface area contributed by atoms with Crippen LogP contribution < -0.4 is 11.1 Å². The second kappa shape index (κ2) is 4.72. The highest BCUT2D eigenvalue weighted by Crippen LogP contribution is 2.24. The highest BCUT2D eigenvalue weighted by atomic mass is 32.1. The largest absolute Gasteiger partial charge is 0.348 e. The van der Waals surface area contributed by atoms with Gasteiger partial charge in [-0.3, -0.25) is 4.79 Å². The lowest BCUT2D eigenvalue weighted by Crippen LogP contribution is -2.39. The molecule has 2 rings (SSSR count). The standard InChI is InChI=1S/C10H15N3OS/c11-4-7-2-1-3-8(7)13-10(14)9-5-15-6-12-9/h5-8H,1-4,11H2,(H,13,14)/t7-,8+/m1/s1. The minimum atomic E-state index is -0.0680. The lowest BCUT2D eigenvalue weighted by molar-refractivity contribution is 0.0924. The van der Waals surface area contributed by atoms with Gasteiger partial charge in [0, 0.05) is 11.4 Å². The van der Waals surface area contributed by atoms with Crippen LogP contribution in [0.25, 0.3) is 0 Å². The van der Waals surface area contributed by atoms with Crippen molar-refractivity contribution in [2.45, 2.75) is 25.3 Å². The first-order valence-electron chi connectivity index (χ1n) is 5.20. The lowest BCUT2D eigenvalue weighted by atomic mass is 10.0. The van der Waals surface area contributed by atoms with E-state index in [1.807, 2.05) is 0 Å². The maximum atomic E-state index is 11.7. The topological polar surface area (TPSA) is 68.0 Å². The highest BCUT2D eigenvalue weighted by molar-refractivity contribution is 7.07. The van der Waals surface area contributed by atoms with Crippen LogP contribution in [0.4, 0.5) is 0 Å². The van der Waals surface area contributed by atoms with E-state index in [0.29, 0.717) is 18.2 Å². The van der Waals surface area contributed by atoms with Gasteiger partial charge in [-0.05, 0) is 25.3 Å². The highest BCUT2D eigenvalue weighted by Gasteiger charge is 2.27. The third-order valence-electron chi connectivity index (χ3n) is 2.94. The number of nitrogens with one attached hydrogen (secondary N) is 1. The van der Waals surface area contributed by atoms with Crippen LogP contribution in [0.1, 0.15) is 29.8 Å². The quantitative estimate of drug-likeness (QED) is 0.806. The Morgan fingerprint density at radius 1 is 1.67 bits per heavy atom. The molecule has 1 aliphatic carbocycles. The van der Waals surface area contributed by atoms with Crippen molar-refractivity contribution >= 4 is 17.2 Å². The Balaban J connectivity index is 1.94. The van der Waals surface area contributed by atoms with Crippen LogP contribution >= 0.6 is 11.3 Å². The summed E-state index contributed by atoms with van der Waals surface area (Å²) >= 11 is 1.44. The minimum Gasteiger partial charge on any atom is -0.348 e. The molecule has 4 nitrogen and oxygen atoms in total. The molecule has 0 saturated heterocycles. The molecule has 1 saturated carbocycles. The number of nitrogens with zero attached hydrogens (tertiary/aromatic N) is 1. The summed E-state index contributed by atoms with van der Waals surface area (Å²) in [5.41, 5.74) is 7.84. The van der Waals surface area contributed by atoms with E-state index in [1.54, 1.807) is 10.9 Å². The number of carbonyl (C=O) groups is 1. The van der Waals surface area contributed by atoms with Crippen molar-refractivity contribution < 1.29 is 4.79 Å². The van der Waals surface area contributed by atoms with Gasteiger partial charge in [0.1, 0.15) is 5.69 Å². The Labute approximate surface area is 92.9 Å². The Bertz CT molecular complexity index is 325. The molecule has 1 heterocycles. The summed E-state index contributed by atoms with van der Waals surface area (Å²) in [4.78, 5) is 15.7. The van der Waals surface area contributed by atoms with Crippen molar-refractivity contribution in [3.05, 3.63) is 16.6 Å². The van der Waals surface area contributed by atoms with Gasteiger partial charge in [-0.1, -0.05) is 6.42 Å². The number of hydrogen-bond acceptors (Lipinski definition) is 4. The Morgan fingerprint density at radius 3 is 3.20 bits per heavy atom. The summed E-state index contributed by atoms with van der Waals surface area (Å²) in [6.45, 7) is 0.655. The normalized spacial score (nSPS) is 25.4. The predicted octanol–water partition coefficient (Wildman–Crippen LogP) is 1.00. The molecule has 15 heavy (non-hydrogen) atoms. The molecule has 1 aromatic heterocycles. The molecule has 0 spiro atoms. The van der Waals surface area contributed by atoms with Gasteiger partial charge in [0.15, 0.2) is 0 Å². The van der Waals surface area contributed by atoms with Crippen LogP contribution in [0.5, 0.6) is 0 Å². The number of aromatic nitrogens is 1. The number of amides is 1. The fourth-order valence-electron chi connectivity index (χ4n) is 2.08. The number of rotatable bonds is 3. The molecular weight excluding hydrogens is 210 g/mol. The van der Waals surface area contributed by atoms with Crippen molar-refractivity contribution in [2.24, 2.45) is 11.7 Å². The first kappa shape index (κ1) is 10.6. The van der Waals surface area contributed by atoms with Crippen LogP contribution in [0.3, 0.4) is 0 Å². The van der Waals surface area contributed by atoms with Gasteiger partial charge in [-0.25, -0.2) is 4.98 Å². The van der Waals surface area contributed by atoms with Crippen LogP contribution in [0, 0.1) is 5.92 Å². The number of carbonyl (C=O) groups excluding carboxylic acids is 1. The molecule has 82 valence electrons. The van der Waals surface area contributed by atoms with Crippen LogP contribution in [0.15, 0.2) is 10.9 Å². The zero-order chi connectivity index (χ0) is 10.7. The molecule has 0 aliphatic heterocycles. The monoisotopic (exact) mass is 225 g/mol. The predicted molar refractivity (Wildman–Crippen MR) is 59.8 cm³/mol. The summed E-state index contributed by atoms with van der Waals surface area (Å²) in [6.07, 6.45) is 3.32. The molecule has 0 aromatic carbocycles. The van der Waals surface area contributed by atoms with E-state index in [9.17, 15) is 4.79 Å². The van der Waals surface area contributed by atoms with Gasteiger partial charge in [0.2, 0.25) is 0 Å². The second-order valence-electron chi connectivity index (χ2n) is 3.88. The van der Waals surface area contributed by atoms with E-state index in [4.69, 9.17) is 5.73 Å². The van der Waals surface area contributed by atoms with E-state index in [1.165, 1.54) is 11.3 Å². The maximum absolute atomic E-state index is 11.7. The van der Waals surface area contributed by atoms with Gasteiger partial charge < -0.3 is 11.1 Å². The van der Waals surface area contributed by atoms with Gasteiger partial charge in [-0.2, -0.15) is 0 Å². The fraction of sp³-hybridized carbons (Fsp3) is 0.600. The first-order chi connectivity index (χ1) is 7.31. The molecule has 5 heteroatoms. The molecule has 0 unspecified atom stereocenters. The van der Waals surface area contributed by atoms with Crippen LogP contribution in [-0.4, -0.2) is 23.5 Å². The lowest BCUT2D eigenvalue weighted by Gasteiger charge is -2.18. The Hall–Kier alpha value is -0.940. The number of thiazole rings is 1. The van der Waals surface area contributed by atoms with Gasteiger partial charge in [-0.15, -0.1) is 11.3 Å². The van der Waals surface area contributed by atoms with E-state index in [-0.39, 0.29) is 11.9 Å². The van der Waals surface area contributed by atoms with E-state index in [2.05, 4.69) is 10.3 Å². The average molecular weight is 225 g/mol. The second-order valence-corrected chi connectivity index (χ2v) is 4.60. The third kappa shape index (κ3) is 2.35. The van der Waals surface area contributed by atoms with Crippen molar-refractivity contribution in [1.29, 1.82) is 0 Å². The SMILES string of the molecule is NC[C@H]1CCC[C@@H]1NC(=O)c1cscn1. The fourth-order valence-corrected chi connectivity index (χ4v) is 2.61. The molecule has 2 atom stereocenters. The first-order valence-corrected chi connectivity index (χ1v) is 6.14. The molecule has 1 fully saturated rings. The summed E-state index contributed by atoms with van der Waals surface area (Å²) in [5, 5.41) is 4.77. The average Bonchev–Trinajstić information content (AvgIpc) is 2.87. The molecule has 1 aliphatic rings. The van der Waals surface area contributed by atoms with Crippen LogP contribution in [-0.2, 0) is 0 Å². The Morgan fingerprint density at radius 2 is 2.53 bits per heavy atom. The summed E-state index contributed by atoms with van der Waals surface area (Å²) < 4.78 is 0. The molecular formula is C10H15N3OS.